The predicted molar refractivity (Wildman–Crippen MR) is 107 cm³/mol. The van der Waals surface area contributed by atoms with Crippen LogP contribution in [-0.2, 0) is 0 Å². The van der Waals surface area contributed by atoms with Gasteiger partial charge in [-0.3, -0.25) is 0 Å². The third-order valence-corrected chi connectivity index (χ3v) is 4.24. The van der Waals surface area contributed by atoms with E-state index in [0.29, 0.717) is 30.0 Å². The number of nitrogens with zero attached hydrogens (tertiary/aromatic N) is 3. The molecular weight excluding hydrogens is 374 g/mol. The molecule has 0 saturated heterocycles. The summed E-state index contributed by atoms with van der Waals surface area (Å²) in [5.74, 6) is 2.02. The highest BCUT2D eigenvalue weighted by atomic mass is 16.5. The molecule has 8 heteroatoms. The number of hydrogen-bond donors (Lipinski definition) is 2. The Morgan fingerprint density at radius 2 is 1.72 bits per heavy atom. The second kappa shape index (κ2) is 9.02. The van der Waals surface area contributed by atoms with Crippen LogP contribution in [0.1, 0.15) is 23.7 Å². The van der Waals surface area contributed by atoms with Gasteiger partial charge in [0, 0.05) is 22.9 Å². The number of aryl methyl sites for hydroxylation is 3. The quantitative estimate of drug-likeness (QED) is 0.595. The molecule has 3 aromatic rings. The highest BCUT2D eigenvalue weighted by molar-refractivity contribution is 5.64. The van der Waals surface area contributed by atoms with Gasteiger partial charge in [-0.2, -0.15) is 4.98 Å². The summed E-state index contributed by atoms with van der Waals surface area (Å²) in [7, 11) is 0. The highest BCUT2D eigenvalue weighted by Gasteiger charge is 2.16. The minimum absolute atomic E-state index is 0.0213. The topological polar surface area (TPSA) is 111 Å². The van der Waals surface area contributed by atoms with Crippen molar-refractivity contribution in [2.45, 2.75) is 33.8 Å². The second-order valence-electron chi connectivity index (χ2n) is 6.78. The number of hydrogen-bond acceptors (Lipinski definition) is 8. The van der Waals surface area contributed by atoms with E-state index in [-0.39, 0.29) is 13.2 Å². The lowest BCUT2D eigenvalue weighted by Gasteiger charge is -2.15. The molecule has 2 heterocycles. The summed E-state index contributed by atoms with van der Waals surface area (Å²) in [5, 5.41) is 22.5. The number of ether oxygens (including phenoxy) is 2. The Hall–Kier alpha value is -2.97. The first-order valence-electron chi connectivity index (χ1n) is 9.40. The number of aliphatic hydroxyl groups excluding tert-OH is 2. The van der Waals surface area contributed by atoms with Crippen molar-refractivity contribution in [3.63, 3.8) is 0 Å². The van der Waals surface area contributed by atoms with Crippen molar-refractivity contribution in [1.82, 2.24) is 15.1 Å². The lowest BCUT2D eigenvalue weighted by molar-refractivity contribution is 0.0532. The van der Waals surface area contributed by atoms with E-state index in [2.05, 4.69) is 15.1 Å². The van der Waals surface area contributed by atoms with E-state index >= 15 is 0 Å². The van der Waals surface area contributed by atoms with Gasteiger partial charge in [0.15, 0.2) is 0 Å². The van der Waals surface area contributed by atoms with Gasteiger partial charge >= 0.3 is 0 Å². The summed E-state index contributed by atoms with van der Waals surface area (Å²) < 4.78 is 16.6. The fourth-order valence-electron chi connectivity index (χ4n) is 2.98. The van der Waals surface area contributed by atoms with Crippen LogP contribution in [0, 0.1) is 20.8 Å². The average Bonchev–Trinajstić information content (AvgIpc) is 3.17. The molecule has 154 valence electrons. The molecule has 0 fully saturated rings. The van der Waals surface area contributed by atoms with E-state index in [0.717, 1.165) is 27.9 Å². The van der Waals surface area contributed by atoms with Crippen LogP contribution in [0.3, 0.4) is 0 Å². The zero-order valence-corrected chi connectivity index (χ0v) is 17.0. The Labute approximate surface area is 169 Å². The van der Waals surface area contributed by atoms with Gasteiger partial charge in [0.2, 0.25) is 11.7 Å². The van der Waals surface area contributed by atoms with Crippen molar-refractivity contribution in [3.8, 4) is 34.5 Å². The third kappa shape index (κ3) is 4.90. The summed E-state index contributed by atoms with van der Waals surface area (Å²) in [6.07, 6.45) is -0.918. The summed E-state index contributed by atoms with van der Waals surface area (Å²) >= 11 is 0. The summed E-state index contributed by atoms with van der Waals surface area (Å²) in [4.78, 5) is 8.84. The van der Waals surface area contributed by atoms with E-state index in [4.69, 9.17) is 19.1 Å². The van der Waals surface area contributed by atoms with E-state index in [1.54, 1.807) is 6.07 Å². The minimum Gasteiger partial charge on any atom is -0.490 e. The normalized spacial score (nSPS) is 12.1. The van der Waals surface area contributed by atoms with Crippen LogP contribution in [0.4, 0.5) is 0 Å². The number of benzene rings is 1. The lowest BCUT2D eigenvalue weighted by Crippen LogP contribution is -2.21. The Bertz CT molecular complexity index is 963. The lowest BCUT2D eigenvalue weighted by atomic mass is 10.1. The SMILES string of the molecule is CCOc1cc(-c2nc(-c3cc(C)c(OCC(O)CO)c(C)c3)no2)cc(C)n1. The molecule has 1 atom stereocenters. The molecule has 0 spiro atoms. The van der Waals surface area contributed by atoms with Crippen molar-refractivity contribution in [3.05, 3.63) is 41.1 Å². The Morgan fingerprint density at radius 1 is 1.00 bits per heavy atom. The Balaban J connectivity index is 1.87. The van der Waals surface area contributed by atoms with E-state index < -0.39 is 6.10 Å². The van der Waals surface area contributed by atoms with Gasteiger partial charge in [0.25, 0.3) is 5.89 Å². The monoisotopic (exact) mass is 399 g/mol. The van der Waals surface area contributed by atoms with Crippen molar-refractivity contribution in [1.29, 1.82) is 0 Å². The average molecular weight is 399 g/mol. The largest absolute Gasteiger partial charge is 0.490 e. The zero-order chi connectivity index (χ0) is 21.0. The smallest absolute Gasteiger partial charge is 0.258 e. The maximum atomic E-state index is 9.50. The maximum Gasteiger partial charge on any atom is 0.258 e. The van der Waals surface area contributed by atoms with Crippen LogP contribution in [0.2, 0.25) is 0 Å². The standard InChI is InChI=1S/C21H25N3O5/c1-5-27-18-9-16(8-14(4)22-18)21-23-20(24-29-21)15-6-12(2)19(13(3)7-15)28-11-17(26)10-25/h6-9,17,25-26H,5,10-11H2,1-4H3. The molecule has 0 aliphatic carbocycles. The molecule has 1 aromatic carbocycles. The molecular formula is C21H25N3O5. The van der Waals surface area contributed by atoms with Crippen LogP contribution in [0.25, 0.3) is 22.8 Å². The Kier molecular flexibility index (Phi) is 6.46. The van der Waals surface area contributed by atoms with Gasteiger partial charge in [-0.15, -0.1) is 0 Å². The molecule has 2 N–H and O–H groups in total. The fraction of sp³-hybridized carbons (Fsp3) is 0.381. The van der Waals surface area contributed by atoms with Gasteiger partial charge in [-0.1, -0.05) is 5.16 Å². The number of pyridine rings is 1. The molecule has 8 nitrogen and oxygen atoms in total. The number of aromatic nitrogens is 3. The zero-order valence-electron chi connectivity index (χ0n) is 17.0. The molecule has 0 aliphatic heterocycles. The summed E-state index contributed by atoms with van der Waals surface area (Å²) in [6, 6.07) is 7.42. The molecule has 0 radical (unpaired) electrons. The van der Waals surface area contributed by atoms with E-state index in [9.17, 15) is 5.11 Å². The second-order valence-corrected chi connectivity index (χ2v) is 6.78. The Morgan fingerprint density at radius 3 is 2.38 bits per heavy atom. The fourth-order valence-corrected chi connectivity index (χ4v) is 2.98. The first-order valence-corrected chi connectivity index (χ1v) is 9.40. The van der Waals surface area contributed by atoms with Gasteiger partial charge < -0.3 is 24.2 Å². The van der Waals surface area contributed by atoms with Crippen molar-refractivity contribution in [2.75, 3.05) is 19.8 Å². The number of aliphatic hydroxyl groups is 2. The van der Waals surface area contributed by atoms with Crippen LogP contribution in [-0.4, -0.2) is 51.3 Å². The van der Waals surface area contributed by atoms with E-state index in [1.807, 2.05) is 45.9 Å². The minimum atomic E-state index is -0.918. The predicted octanol–water partition coefficient (Wildman–Crippen LogP) is 2.85. The molecule has 1 unspecified atom stereocenters. The molecule has 0 amide bonds. The summed E-state index contributed by atoms with van der Waals surface area (Å²) in [6.45, 7) is 7.78. The van der Waals surface area contributed by atoms with Crippen molar-refractivity contribution in [2.24, 2.45) is 0 Å². The molecule has 2 aromatic heterocycles. The van der Waals surface area contributed by atoms with Gasteiger partial charge in [-0.25, -0.2) is 4.98 Å². The highest BCUT2D eigenvalue weighted by Crippen LogP contribution is 2.31. The molecule has 29 heavy (non-hydrogen) atoms. The first-order chi connectivity index (χ1) is 13.9. The van der Waals surface area contributed by atoms with Crippen molar-refractivity contribution < 1.29 is 24.2 Å². The van der Waals surface area contributed by atoms with E-state index in [1.165, 1.54) is 0 Å². The van der Waals surface area contributed by atoms with Gasteiger partial charge in [-0.05, 0) is 57.0 Å². The van der Waals surface area contributed by atoms with Gasteiger partial charge in [0.1, 0.15) is 18.5 Å². The molecule has 0 saturated carbocycles. The van der Waals surface area contributed by atoms with Crippen LogP contribution < -0.4 is 9.47 Å². The van der Waals surface area contributed by atoms with Crippen LogP contribution >= 0.6 is 0 Å². The van der Waals surface area contributed by atoms with Crippen molar-refractivity contribution >= 4 is 0 Å². The molecule has 0 aliphatic rings. The number of rotatable bonds is 8. The summed E-state index contributed by atoms with van der Waals surface area (Å²) in [5.41, 5.74) is 4.07. The van der Waals surface area contributed by atoms with Crippen LogP contribution in [0.5, 0.6) is 11.6 Å². The third-order valence-electron chi connectivity index (χ3n) is 4.24. The first kappa shape index (κ1) is 20.8. The van der Waals surface area contributed by atoms with Gasteiger partial charge in [0.05, 0.1) is 13.2 Å². The van der Waals surface area contributed by atoms with Crippen LogP contribution in [0.15, 0.2) is 28.8 Å². The molecule has 0 bridgehead atoms. The molecule has 3 rings (SSSR count). The maximum absolute atomic E-state index is 9.50.